The molecule has 1 saturated heterocycles. The van der Waals surface area contributed by atoms with Crippen LogP contribution in [0.5, 0.6) is 0 Å². The fraction of sp³-hybridized carbons (Fsp3) is 0.375. The van der Waals surface area contributed by atoms with Gasteiger partial charge in [-0.25, -0.2) is 4.39 Å². The van der Waals surface area contributed by atoms with Crippen molar-refractivity contribution in [2.45, 2.75) is 25.3 Å². The molecule has 0 aliphatic carbocycles. The molecule has 108 valence electrons. The number of hydrogen-bond donors (Lipinski definition) is 0. The zero-order valence-corrected chi connectivity index (χ0v) is 11.6. The predicted octanol–water partition coefficient (Wildman–Crippen LogP) is 3.11. The van der Waals surface area contributed by atoms with Crippen LogP contribution in [0.15, 0.2) is 30.6 Å². The van der Waals surface area contributed by atoms with Gasteiger partial charge >= 0.3 is 0 Å². The van der Waals surface area contributed by atoms with Gasteiger partial charge in [-0.05, 0) is 30.5 Å². The summed E-state index contributed by atoms with van der Waals surface area (Å²) >= 11 is 0. The number of nitrogens with zero attached hydrogens (tertiary/aromatic N) is 3. The predicted molar refractivity (Wildman–Crippen MR) is 76.0 cm³/mol. The maximum atomic E-state index is 14.0. The molecule has 1 aromatic heterocycles. The average molecular weight is 285 g/mol. The molecule has 0 saturated carbocycles. The normalized spacial score (nSPS) is 15.8. The number of rotatable bonds is 3. The molecule has 4 nitrogen and oxygen atoms in total. The van der Waals surface area contributed by atoms with Gasteiger partial charge in [0.1, 0.15) is 5.82 Å². The molecule has 21 heavy (non-hydrogen) atoms. The van der Waals surface area contributed by atoms with Gasteiger partial charge < -0.3 is 4.74 Å². The van der Waals surface area contributed by atoms with Crippen molar-refractivity contribution in [2.75, 3.05) is 13.2 Å². The van der Waals surface area contributed by atoms with E-state index in [0.717, 1.165) is 37.2 Å². The highest BCUT2D eigenvalue weighted by atomic mass is 19.1. The zero-order chi connectivity index (χ0) is 14.7. The van der Waals surface area contributed by atoms with Gasteiger partial charge in [0, 0.05) is 30.5 Å². The molecule has 5 heteroatoms. The molecule has 0 spiro atoms. The van der Waals surface area contributed by atoms with Crippen LogP contribution >= 0.6 is 0 Å². The standard InChI is InChI=1S/C16H16FN3O/c17-16-2-1-12(3-6-18)9-15(16)13-10-19-20(11-13)14-4-7-21-8-5-14/h1-2,9-11,14H,3-5,7-8H2. The minimum atomic E-state index is -0.289. The number of aromatic nitrogens is 2. The number of nitriles is 1. The lowest BCUT2D eigenvalue weighted by molar-refractivity contribution is 0.0662. The summed E-state index contributed by atoms with van der Waals surface area (Å²) in [5.41, 5.74) is 2.06. The molecule has 2 heterocycles. The van der Waals surface area contributed by atoms with Crippen LogP contribution in [-0.4, -0.2) is 23.0 Å². The molecular weight excluding hydrogens is 269 g/mol. The Hall–Kier alpha value is -2.19. The first-order valence-corrected chi connectivity index (χ1v) is 7.05. The lowest BCUT2D eigenvalue weighted by Gasteiger charge is -2.22. The number of ether oxygens (including phenoxy) is 1. The molecule has 2 aromatic rings. The highest BCUT2D eigenvalue weighted by molar-refractivity contribution is 5.63. The van der Waals surface area contributed by atoms with Crippen molar-refractivity contribution in [3.8, 4) is 17.2 Å². The number of benzene rings is 1. The Balaban J connectivity index is 1.88. The van der Waals surface area contributed by atoms with Crippen LogP contribution < -0.4 is 0 Å². The summed E-state index contributed by atoms with van der Waals surface area (Å²) in [6.07, 6.45) is 5.70. The lowest BCUT2D eigenvalue weighted by atomic mass is 10.0. The monoisotopic (exact) mass is 285 g/mol. The molecule has 0 N–H and O–H groups in total. The second-order valence-electron chi connectivity index (χ2n) is 5.20. The van der Waals surface area contributed by atoms with E-state index in [9.17, 15) is 4.39 Å². The van der Waals surface area contributed by atoms with Gasteiger partial charge in [-0.15, -0.1) is 0 Å². The highest BCUT2D eigenvalue weighted by Crippen LogP contribution is 2.27. The van der Waals surface area contributed by atoms with E-state index in [4.69, 9.17) is 10.00 Å². The molecule has 1 aromatic carbocycles. The molecule has 0 bridgehead atoms. The molecule has 1 aliphatic heterocycles. The summed E-state index contributed by atoms with van der Waals surface area (Å²) in [7, 11) is 0. The molecule has 1 aliphatic rings. The Morgan fingerprint density at radius 2 is 2.19 bits per heavy atom. The van der Waals surface area contributed by atoms with Gasteiger partial charge in [-0.1, -0.05) is 6.07 Å². The third kappa shape index (κ3) is 2.96. The first kappa shape index (κ1) is 13.8. The van der Waals surface area contributed by atoms with E-state index in [0.29, 0.717) is 11.6 Å². The number of halogens is 1. The van der Waals surface area contributed by atoms with Crippen molar-refractivity contribution in [1.82, 2.24) is 9.78 Å². The summed E-state index contributed by atoms with van der Waals surface area (Å²) in [6.45, 7) is 1.48. The molecule has 1 fully saturated rings. The first-order valence-electron chi connectivity index (χ1n) is 7.05. The van der Waals surface area contributed by atoms with Crippen LogP contribution in [0, 0.1) is 17.1 Å². The van der Waals surface area contributed by atoms with E-state index in [2.05, 4.69) is 11.2 Å². The summed E-state index contributed by atoms with van der Waals surface area (Å²) in [4.78, 5) is 0. The smallest absolute Gasteiger partial charge is 0.131 e. The quantitative estimate of drug-likeness (QED) is 0.870. The minimum absolute atomic E-state index is 0.279. The van der Waals surface area contributed by atoms with E-state index in [1.54, 1.807) is 18.3 Å². The summed E-state index contributed by atoms with van der Waals surface area (Å²) in [5.74, 6) is -0.289. The average Bonchev–Trinajstić information content (AvgIpc) is 3.00. The Kier molecular flexibility index (Phi) is 3.98. The van der Waals surface area contributed by atoms with E-state index >= 15 is 0 Å². The van der Waals surface area contributed by atoms with Gasteiger partial charge in [0.2, 0.25) is 0 Å². The van der Waals surface area contributed by atoms with Crippen LogP contribution in [0.3, 0.4) is 0 Å². The van der Waals surface area contributed by atoms with E-state index in [1.807, 2.05) is 10.9 Å². The minimum Gasteiger partial charge on any atom is -0.381 e. The molecule has 0 unspecified atom stereocenters. The van der Waals surface area contributed by atoms with Gasteiger partial charge in [0.15, 0.2) is 0 Å². The van der Waals surface area contributed by atoms with Gasteiger partial charge in [0.05, 0.1) is 24.7 Å². The van der Waals surface area contributed by atoms with Crippen molar-refractivity contribution in [1.29, 1.82) is 5.26 Å². The molecule has 0 amide bonds. The van der Waals surface area contributed by atoms with Crippen LogP contribution in [0.4, 0.5) is 4.39 Å². The Morgan fingerprint density at radius 1 is 1.38 bits per heavy atom. The maximum absolute atomic E-state index is 14.0. The van der Waals surface area contributed by atoms with Crippen LogP contribution in [-0.2, 0) is 11.2 Å². The third-order valence-electron chi connectivity index (χ3n) is 3.79. The van der Waals surface area contributed by atoms with Crippen molar-refractivity contribution in [3.63, 3.8) is 0 Å². The second-order valence-corrected chi connectivity index (χ2v) is 5.20. The molecule has 0 atom stereocenters. The molecule has 0 radical (unpaired) electrons. The summed E-state index contributed by atoms with van der Waals surface area (Å²) in [6, 6.07) is 7.18. The van der Waals surface area contributed by atoms with E-state index < -0.39 is 0 Å². The number of hydrogen-bond acceptors (Lipinski definition) is 3. The van der Waals surface area contributed by atoms with Crippen molar-refractivity contribution < 1.29 is 9.13 Å². The second kappa shape index (κ2) is 6.06. The fourth-order valence-electron chi connectivity index (χ4n) is 2.62. The first-order chi connectivity index (χ1) is 10.3. The largest absolute Gasteiger partial charge is 0.381 e. The van der Waals surface area contributed by atoms with Crippen molar-refractivity contribution in [3.05, 3.63) is 42.0 Å². The topological polar surface area (TPSA) is 50.8 Å². The highest BCUT2D eigenvalue weighted by Gasteiger charge is 2.17. The van der Waals surface area contributed by atoms with E-state index in [1.165, 1.54) is 6.07 Å². The SMILES string of the molecule is N#CCc1ccc(F)c(-c2cnn(C3CCOCC3)c2)c1. The van der Waals surface area contributed by atoms with Crippen molar-refractivity contribution >= 4 is 0 Å². The van der Waals surface area contributed by atoms with Gasteiger partial charge in [-0.2, -0.15) is 10.4 Å². The third-order valence-corrected chi connectivity index (χ3v) is 3.79. The van der Waals surface area contributed by atoms with E-state index in [-0.39, 0.29) is 12.2 Å². The van der Waals surface area contributed by atoms with Gasteiger partial charge in [-0.3, -0.25) is 4.68 Å². The van der Waals surface area contributed by atoms with Crippen LogP contribution in [0.25, 0.3) is 11.1 Å². The van der Waals surface area contributed by atoms with Crippen molar-refractivity contribution in [2.24, 2.45) is 0 Å². The molecule has 3 rings (SSSR count). The van der Waals surface area contributed by atoms with Crippen LogP contribution in [0.2, 0.25) is 0 Å². The maximum Gasteiger partial charge on any atom is 0.131 e. The summed E-state index contributed by atoms with van der Waals surface area (Å²) in [5, 5.41) is 13.1. The Labute approximate surface area is 122 Å². The Bertz CT molecular complexity index is 668. The lowest BCUT2D eigenvalue weighted by Crippen LogP contribution is -2.19. The van der Waals surface area contributed by atoms with Gasteiger partial charge in [0.25, 0.3) is 0 Å². The zero-order valence-electron chi connectivity index (χ0n) is 11.6. The molecular formula is C16H16FN3O. The Morgan fingerprint density at radius 3 is 2.95 bits per heavy atom. The fourth-order valence-corrected chi connectivity index (χ4v) is 2.62. The summed E-state index contributed by atoms with van der Waals surface area (Å²) < 4.78 is 21.2. The van der Waals surface area contributed by atoms with Crippen LogP contribution in [0.1, 0.15) is 24.4 Å².